The van der Waals surface area contributed by atoms with Crippen molar-refractivity contribution in [3.05, 3.63) is 86.2 Å². The van der Waals surface area contributed by atoms with Crippen LogP contribution in [0.25, 0.3) is 22.7 Å². The third kappa shape index (κ3) is 5.68. The molecule has 0 bridgehead atoms. The highest BCUT2D eigenvalue weighted by molar-refractivity contribution is 14.1. The molecule has 1 N–H and O–H groups in total. The molecule has 6 heteroatoms. The summed E-state index contributed by atoms with van der Waals surface area (Å²) >= 11 is 2.30. The van der Waals surface area contributed by atoms with Gasteiger partial charge in [0.2, 0.25) is 0 Å². The summed E-state index contributed by atoms with van der Waals surface area (Å²) in [5, 5.41) is 9.99. The van der Waals surface area contributed by atoms with E-state index in [0.717, 1.165) is 46.7 Å². The largest absolute Gasteiger partial charge is 0.488 e. The molecule has 5 nitrogen and oxygen atoms in total. The number of rotatable bonds is 8. The summed E-state index contributed by atoms with van der Waals surface area (Å²) in [6.07, 6.45) is 1.85. The number of aryl methyl sites for hydroxylation is 2. The van der Waals surface area contributed by atoms with Crippen LogP contribution in [0.15, 0.2) is 54.6 Å². The number of H-pyrrole nitrogens is 1. The summed E-state index contributed by atoms with van der Waals surface area (Å²) in [5.41, 5.74) is 7.65. The van der Waals surface area contributed by atoms with Gasteiger partial charge in [0.15, 0.2) is 0 Å². The molecule has 0 fully saturated rings. The van der Waals surface area contributed by atoms with Crippen LogP contribution in [-0.2, 0) is 6.61 Å². The highest BCUT2D eigenvalue weighted by atomic mass is 127. The molecular weight excluding hydrogens is 547 g/mol. The summed E-state index contributed by atoms with van der Waals surface area (Å²) < 4.78 is 7.49. The number of hydrogen-bond donors (Lipinski definition) is 1. The standard InChI is InChI=1S/C29H29IN4O/c1-5-34(6-2)25-12-9-22(28(16-25)35-18-21-7-10-24(30)11-8-21)15-23(17-31)29-32-26-13-19(3)20(4)14-27(26)33-29/h7-16H,5-6,18H2,1-4H3,(H,32,33)/b23-15+. The number of ether oxygens (including phenoxy) is 1. The van der Waals surface area contributed by atoms with Crippen molar-refractivity contribution in [1.82, 2.24) is 9.97 Å². The van der Waals surface area contributed by atoms with Crippen LogP contribution in [0.1, 0.15) is 41.9 Å². The fourth-order valence-electron chi connectivity index (χ4n) is 4.00. The van der Waals surface area contributed by atoms with Gasteiger partial charge in [0.1, 0.15) is 24.3 Å². The number of aromatic nitrogens is 2. The number of aromatic amines is 1. The Morgan fingerprint density at radius 3 is 2.46 bits per heavy atom. The van der Waals surface area contributed by atoms with E-state index in [1.54, 1.807) is 0 Å². The predicted octanol–water partition coefficient (Wildman–Crippen LogP) is 7.27. The van der Waals surface area contributed by atoms with Gasteiger partial charge in [-0.2, -0.15) is 5.26 Å². The minimum Gasteiger partial charge on any atom is -0.488 e. The molecule has 0 amide bonds. The average Bonchev–Trinajstić information content (AvgIpc) is 3.26. The Bertz CT molecular complexity index is 1370. The maximum Gasteiger partial charge on any atom is 0.149 e. The molecular formula is C29H29IN4O. The van der Waals surface area contributed by atoms with Crippen LogP contribution >= 0.6 is 22.6 Å². The van der Waals surface area contributed by atoms with Gasteiger partial charge in [-0.15, -0.1) is 0 Å². The number of nitrogens with one attached hydrogen (secondary N) is 1. The molecule has 0 aliphatic carbocycles. The molecule has 0 atom stereocenters. The lowest BCUT2D eigenvalue weighted by Gasteiger charge is -2.22. The zero-order chi connectivity index (χ0) is 24.9. The molecule has 0 radical (unpaired) electrons. The van der Waals surface area contributed by atoms with Crippen LogP contribution < -0.4 is 9.64 Å². The number of hydrogen-bond acceptors (Lipinski definition) is 4. The van der Waals surface area contributed by atoms with Gasteiger partial charge in [-0.25, -0.2) is 4.98 Å². The van der Waals surface area contributed by atoms with Crippen molar-refractivity contribution in [3.63, 3.8) is 0 Å². The van der Waals surface area contributed by atoms with Gasteiger partial charge in [-0.05, 0) is 109 Å². The van der Waals surface area contributed by atoms with E-state index in [-0.39, 0.29) is 0 Å². The lowest BCUT2D eigenvalue weighted by Crippen LogP contribution is -2.21. The Labute approximate surface area is 220 Å². The van der Waals surface area contributed by atoms with Gasteiger partial charge in [0, 0.05) is 34.0 Å². The van der Waals surface area contributed by atoms with Gasteiger partial charge in [-0.3, -0.25) is 0 Å². The van der Waals surface area contributed by atoms with Gasteiger partial charge < -0.3 is 14.6 Å². The molecule has 178 valence electrons. The zero-order valence-electron chi connectivity index (χ0n) is 20.5. The maximum atomic E-state index is 9.99. The lowest BCUT2D eigenvalue weighted by molar-refractivity contribution is 0.305. The number of anilines is 1. The van der Waals surface area contributed by atoms with E-state index in [1.807, 2.05) is 18.2 Å². The molecule has 0 saturated heterocycles. The first-order chi connectivity index (χ1) is 16.9. The SMILES string of the molecule is CCN(CC)c1ccc(/C=C(\C#N)c2nc3cc(C)c(C)cc3[nH]2)c(OCc2ccc(I)cc2)c1. The molecule has 0 saturated carbocycles. The number of fused-ring (bicyclic) bond motifs is 1. The van der Waals surface area contributed by atoms with Crippen LogP contribution in [0.2, 0.25) is 0 Å². The molecule has 1 heterocycles. The summed E-state index contributed by atoms with van der Waals surface area (Å²) in [4.78, 5) is 10.3. The fourth-order valence-corrected chi connectivity index (χ4v) is 4.36. The van der Waals surface area contributed by atoms with Gasteiger partial charge in [0.25, 0.3) is 0 Å². The first-order valence-electron chi connectivity index (χ1n) is 11.8. The van der Waals surface area contributed by atoms with Crippen molar-refractivity contribution in [1.29, 1.82) is 5.26 Å². The average molecular weight is 576 g/mol. The smallest absolute Gasteiger partial charge is 0.149 e. The number of benzene rings is 3. The predicted molar refractivity (Wildman–Crippen MR) is 153 cm³/mol. The van der Waals surface area contributed by atoms with Crippen molar-refractivity contribution in [2.75, 3.05) is 18.0 Å². The van der Waals surface area contributed by atoms with E-state index in [4.69, 9.17) is 4.74 Å². The number of allylic oxidation sites excluding steroid dienone is 1. The van der Waals surface area contributed by atoms with Crippen LogP contribution in [0, 0.1) is 28.7 Å². The van der Waals surface area contributed by atoms with Crippen LogP contribution in [-0.4, -0.2) is 23.1 Å². The van der Waals surface area contributed by atoms with Crippen LogP contribution in [0.4, 0.5) is 5.69 Å². The van der Waals surface area contributed by atoms with E-state index in [0.29, 0.717) is 18.0 Å². The Morgan fingerprint density at radius 1 is 1.06 bits per heavy atom. The van der Waals surface area contributed by atoms with Gasteiger partial charge in [0.05, 0.1) is 16.6 Å². The van der Waals surface area contributed by atoms with Crippen LogP contribution in [0.5, 0.6) is 5.75 Å². The zero-order valence-corrected chi connectivity index (χ0v) is 22.7. The molecule has 0 aliphatic rings. The highest BCUT2D eigenvalue weighted by Gasteiger charge is 2.13. The minimum absolute atomic E-state index is 0.449. The highest BCUT2D eigenvalue weighted by Crippen LogP contribution is 2.30. The lowest BCUT2D eigenvalue weighted by atomic mass is 10.1. The quantitative estimate of drug-likeness (QED) is 0.177. The molecule has 4 aromatic rings. The fraction of sp³-hybridized carbons (Fsp3) is 0.241. The third-order valence-corrected chi connectivity index (χ3v) is 6.93. The number of halogens is 1. The monoisotopic (exact) mass is 576 g/mol. The molecule has 0 spiro atoms. The van der Waals surface area contributed by atoms with Crippen molar-refractivity contribution in [3.8, 4) is 11.8 Å². The van der Waals surface area contributed by atoms with Crippen molar-refractivity contribution in [2.45, 2.75) is 34.3 Å². The molecule has 0 aliphatic heterocycles. The topological polar surface area (TPSA) is 64.9 Å². The summed E-state index contributed by atoms with van der Waals surface area (Å²) in [6.45, 7) is 10.7. The van der Waals surface area contributed by atoms with Crippen molar-refractivity contribution >= 4 is 51.0 Å². The summed E-state index contributed by atoms with van der Waals surface area (Å²) in [5.74, 6) is 1.30. The summed E-state index contributed by atoms with van der Waals surface area (Å²) in [7, 11) is 0. The molecule has 1 aromatic heterocycles. The first-order valence-corrected chi connectivity index (χ1v) is 12.8. The Hall–Kier alpha value is -3.31. The van der Waals surface area contributed by atoms with Crippen molar-refractivity contribution < 1.29 is 4.74 Å². The van der Waals surface area contributed by atoms with Gasteiger partial charge in [-0.1, -0.05) is 12.1 Å². The second-order valence-corrected chi connectivity index (χ2v) is 9.76. The van der Waals surface area contributed by atoms with E-state index in [1.165, 1.54) is 14.7 Å². The molecule has 35 heavy (non-hydrogen) atoms. The Balaban J connectivity index is 1.73. The van der Waals surface area contributed by atoms with Crippen molar-refractivity contribution in [2.24, 2.45) is 0 Å². The summed E-state index contributed by atoms with van der Waals surface area (Å²) in [6, 6.07) is 20.9. The normalized spacial score (nSPS) is 11.5. The number of imidazole rings is 1. The number of nitriles is 1. The van der Waals surface area contributed by atoms with E-state index >= 15 is 0 Å². The second-order valence-electron chi connectivity index (χ2n) is 8.52. The second kappa shape index (κ2) is 11.0. The van der Waals surface area contributed by atoms with E-state index in [2.05, 4.69) is 114 Å². The van der Waals surface area contributed by atoms with E-state index in [9.17, 15) is 5.26 Å². The minimum atomic E-state index is 0.449. The third-order valence-electron chi connectivity index (χ3n) is 6.21. The molecule has 0 unspecified atom stereocenters. The maximum absolute atomic E-state index is 9.99. The van der Waals surface area contributed by atoms with E-state index < -0.39 is 0 Å². The Morgan fingerprint density at radius 2 is 1.77 bits per heavy atom. The molecule has 3 aromatic carbocycles. The van der Waals surface area contributed by atoms with Crippen LogP contribution in [0.3, 0.4) is 0 Å². The molecule has 4 rings (SSSR count). The number of nitrogens with zero attached hydrogens (tertiary/aromatic N) is 3. The Kier molecular flexibility index (Phi) is 7.76. The first kappa shape index (κ1) is 24.8. The van der Waals surface area contributed by atoms with Gasteiger partial charge >= 0.3 is 0 Å².